The fourth-order valence-corrected chi connectivity index (χ4v) is 4.34. The molecule has 1 aliphatic rings. The first-order valence-electron chi connectivity index (χ1n) is 10.9. The van der Waals surface area contributed by atoms with Crippen molar-refractivity contribution in [2.75, 3.05) is 7.11 Å². The van der Waals surface area contributed by atoms with Crippen LogP contribution in [0.5, 0.6) is 5.75 Å². The standard InChI is InChI=1S/C24H24F2N6O/c1-15-13-31(14-28-15)24-20(33-2)11-16(12-27-24)8-9-21-29-23-18(6-4-10-32(23)30-21)17-5-3-7-19(25)22(17)26/h3,5,7,11-14,18H,4,6,8-10H2,1-2H3/t18-/m1/s1. The Morgan fingerprint density at radius 3 is 2.85 bits per heavy atom. The van der Waals surface area contributed by atoms with Gasteiger partial charge in [0.25, 0.3) is 0 Å². The highest BCUT2D eigenvalue weighted by molar-refractivity contribution is 5.42. The largest absolute Gasteiger partial charge is 0.493 e. The Bertz CT molecular complexity index is 1300. The third kappa shape index (κ3) is 4.10. The van der Waals surface area contributed by atoms with Crippen molar-refractivity contribution in [3.05, 3.63) is 83.1 Å². The van der Waals surface area contributed by atoms with E-state index in [1.165, 1.54) is 0 Å². The Labute approximate surface area is 190 Å². The minimum atomic E-state index is -0.833. The Morgan fingerprint density at radius 2 is 2.06 bits per heavy atom. The molecule has 0 unspecified atom stereocenters. The van der Waals surface area contributed by atoms with E-state index in [4.69, 9.17) is 9.72 Å². The quantitative estimate of drug-likeness (QED) is 0.441. The van der Waals surface area contributed by atoms with Gasteiger partial charge in [-0.05, 0) is 43.9 Å². The highest BCUT2D eigenvalue weighted by atomic mass is 19.2. The summed E-state index contributed by atoms with van der Waals surface area (Å²) < 4.78 is 37.4. The van der Waals surface area contributed by atoms with E-state index in [0.29, 0.717) is 41.6 Å². The van der Waals surface area contributed by atoms with E-state index in [1.54, 1.807) is 25.6 Å². The molecule has 7 nitrogen and oxygen atoms in total. The Hall–Kier alpha value is -3.62. The zero-order valence-electron chi connectivity index (χ0n) is 18.5. The molecule has 0 N–H and O–H groups in total. The Balaban J connectivity index is 1.35. The van der Waals surface area contributed by atoms with Crippen molar-refractivity contribution in [1.82, 2.24) is 29.3 Å². The van der Waals surface area contributed by atoms with Gasteiger partial charge in [-0.3, -0.25) is 4.57 Å². The maximum absolute atomic E-state index is 14.4. The lowest BCUT2D eigenvalue weighted by Gasteiger charge is -2.22. The number of hydrogen-bond acceptors (Lipinski definition) is 5. The maximum atomic E-state index is 14.4. The number of pyridine rings is 1. The summed E-state index contributed by atoms with van der Waals surface area (Å²) in [6.07, 6.45) is 8.25. The summed E-state index contributed by atoms with van der Waals surface area (Å²) in [4.78, 5) is 13.5. The highest BCUT2D eigenvalue weighted by Crippen LogP contribution is 2.34. The number of aryl methyl sites for hydroxylation is 4. The molecule has 0 saturated carbocycles. The number of hydrogen-bond donors (Lipinski definition) is 0. The van der Waals surface area contributed by atoms with Gasteiger partial charge >= 0.3 is 0 Å². The zero-order valence-corrected chi connectivity index (χ0v) is 18.5. The van der Waals surface area contributed by atoms with Crippen molar-refractivity contribution in [3.63, 3.8) is 0 Å². The van der Waals surface area contributed by atoms with Crippen LogP contribution in [0.15, 0.2) is 43.0 Å². The third-order valence-corrected chi connectivity index (χ3v) is 5.98. The average Bonchev–Trinajstić information content (AvgIpc) is 3.45. The molecule has 1 atom stereocenters. The molecule has 0 aliphatic carbocycles. The molecule has 4 heterocycles. The predicted molar refractivity (Wildman–Crippen MR) is 118 cm³/mol. The van der Waals surface area contributed by atoms with Crippen LogP contribution in [-0.2, 0) is 19.4 Å². The van der Waals surface area contributed by atoms with Gasteiger partial charge < -0.3 is 4.74 Å². The van der Waals surface area contributed by atoms with E-state index in [-0.39, 0.29) is 5.92 Å². The van der Waals surface area contributed by atoms with E-state index in [9.17, 15) is 8.78 Å². The Kier molecular flexibility index (Phi) is 5.62. The maximum Gasteiger partial charge on any atom is 0.180 e. The highest BCUT2D eigenvalue weighted by Gasteiger charge is 2.28. The number of nitrogens with zero attached hydrogens (tertiary/aromatic N) is 6. The molecular formula is C24H24F2N6O. The average molecular weight is 450 g/mol. The van der Waals surface area contributed by atoms with Crippen molar-refractivity contribution in [2.45, 2.75) is 45.1 Å². The van der Waals surface area contributed by atoms with Crippen LogP contribution in [0, 0.1) is 18.6 Å². The molecule has 0 saturated heterocycles. The van der Waals surface area contributed by atoms with Gasteiger partial charge in [-0.25, -0.2) is 28.4 Å². The van der Waals surface area contributed by atoms with Crippen molar-refractivity contribution < 1.29 is 13.5 Å². The first-order valence-corrected chi connectivity index (χ1v) is 10.9. The van der Waals surface area contributed by atoms with Gasteiger partial charge in [0.1, 0.15) is 12.2 Å². The molecule has 0 radical (unpaired) electrons. The molecule has 0 bridgehead atoms. The number of halogens is 2. The van der Waals surface area contributed by atoms with Crippen molar-refractivity contribution in [1.29, 1.82) is 0 Å². The van der Waals surface area contributed by atoms with Crippen LogP contribution >= 0.6 is 0 Å². The zero-order chi connectivity index (χ0) is 22.9. The smallest absolute Gasteiger partial charge is 0.180 e. The van der Waals surface area contributed by atoms with Crippen LogP contribution in [0.2, 0.25) is 0 Å². The number of ether oxygens (including phenoxy) is 1. The number of fused-ring (bicyclic) bond motifs is 1. The second kappa shape index (κ2) is 8.73. The van der Waals surface area contributed by atoms with Crippen LogP contribution in [0.25, 0.3) is 5.82 Å². The van der Waals surface area contributed by atoms with Gasteiger partial charge in [0.15, 0.2) is 29.0 Å². The van der Waals surface area contributed by atoms with Gasteiger partial charge in [-0.2, -0.15) is 5.10 Å². The van der Waals surface area contributed by atoms with E-state index < -0.39 is 11.6 Å². The SMILES string of the molecule is COc1cc(CCc2nc3n(n2)CCC[C@@H]3c2cccc(F)c2F)cnc1-n1cnc(C)c1. The van der Waals surface area contributed by atoms with Gasteiger partial charge in [0.2, 0.25) is 0 Å². The Morgan fingerprint density at radius 1 is 1.18 bits per heavy atom. The minimum absolute atomic E-state index is 0.296. The van der Waals surface area contributed by atoms with Crippen LogP contribution in [0.3, 0.4) is 0 Å². The first kappa shape index (κ1) is 21.2. The van der Waals surface area contributed by atoms with E-state index >= 15 is 0 Å². The molecule has 5 rings (SSSR count). The second-order valence-electron chi connectivity index (χ2n) is 8.24. The number of aromatic nitrogens is 6. The summed E-state index contributed by atoms with van der Waals surface area (Å²) in [7, 11) is 1.62. The van der Waals surface area contributed by atoms with Gasteiger partial charge in [0.05, 0.1) is 12.8 Å². The molecule has 0 fully saturated rings. The van der Waals surface area contributed by atoms with E-state index in [1.807, 2.05) is 34.6 Å². The molecule has 4 aromatic rings. The van der Waals surface area contributed by atoms with E-state index in [2.05, 4.69) is 15.1 Å². The molecule has 1 aromatic carbocycles. The monoisotopic (exact) mass is 450 g/mol. The lowest BCUT2D eigenvalue weighted by atomic mass is 9.90. The van der Waals surface area contributed by atoms with Crippen molar-refractivity contribution >= 4 is 0 Å². The topological polar surface area (TPSA) is 70.7 Å². The summed E-state index contributed by atoms with van der Waals surface area (Å²) in [5, 5.41) is 4.63. The fraction of sp³-hybridized carbons (Fsp3) is 0.333. The normalized spacial score (nSPS) is 15.5. The molecule has 33 heavy (non-hydrogen) atoms. The molecule has 0 amide bonds. The number of rotatable bonds is 6. The van der Waals surface area contributed by atoms with Crippen molar-refractivity contribution in [2.24, 2.45) is 0 Å². The molecule has 0 spiro atoms. The third-order valence-electron chi connectivity index (χ3n) is 5.98. The number of benzene rings is 1. The van der Waals surface area contributed by atoms with Crippen LogP contribution in [-0.4, -0.2) is 36.4 Å². The molecule has 9 heteroatoms. The molecular weight excluding hydrogens is 426 g/mol. The number of imidazole rings is 1. The van der Waals surface area contributed by atoms with Crippen LogP contribution < -0.4 is 4.74 Å². The molecule has 3 aromatic heterocycles. The lowest BCUT2D eigenvalue weighted by Crippen LogP contribution is -2.19. The van der Waals surface area contributed by atoms with Gasteiger partial charge in [0, 0.05) is 36.8 Å². The van der Waals surface area contributed by atoms with Gasteiger partial charge in [-0.1, -0.05) is 12.1 Å². The molecule has 1 aliphatic heterocycles. The summed E-state index contributed by atoms with van der Waals surface area (Å²) in [5.41, 5.74) is 2.23. The van der Waals surface area contributed by atoms with Crippen molar-refractivity contribution in [3.8, 4) is 11.6 Å². The molecule has 170 valence electrons. The lowest BCUT2D eigenvalue weighted by molar-refractivity contribution is 0.410. The predicted octanol–water partition coefficient (Wildman–Crippen LogP) is 4.16. The summed E-state index contributed by atoms with van der Waals surface area (Å²) >= 11 is 0. The van der Waals surface area contributed by atoms with Crippen LogP contribution in [0.1, 0.15) is 47.2 Å². The summed E-state index contributed by atoms with van der Waals surface area (Å²) in [5.74, 6) is 0.785. The minimum Gasteiger partial charge on any atom is -0.493 e. The number of methoxy groups -OCH3 is 1. The summed E-state index contributed by atoms with van der Waals surface area (Å²) in [6.45, 7) is 2.65. The second-order valence-corrected chi connectivity index (χ2v) is 8.24. The summed E-state index contributed by atoms with van der Waals surface area (Å²) in [6, 6.07) is 6.27. The van der Waals surface area contributed by atoms with Crippen LogP contribution in [0.4, 0.5) is 8.78 Å². The van der Waals surface area contributed by atoms with E-state index in [0.717, 1.165) is 36.7 Å². The van der Waals surface area contributed by atoms with Gasteiger partial charge in [-0.15, -0.1) is 0 Å². The first-order chi connectivity index (χ1) is 16.0. The fourth-order valence-electron chi connectivity index (χ4n) is 4.34.